The summed E-state index contributed by atoms with van der Waals surface area (Å²) >= 11 is 0. The molecule has 7 rings (SSSR count). The smallest absolute Gasteiger partial charge is 0.141 e. The molecule has 0 spiro atoms. The third-order valence-corrected chi connectivity index (χ3v) is 7.29. The number of hydrogen-bond donors (Lipinski definition) is 0. The minimum absolute atomic E-state index is 0.0940. The van der Waals surface area contributed by atoms with Gasteiger partial charge in [-0.25, -0.2) is 9.67 Å². The molecule has 0 saturated carbocycles. The Morgan fingerprint density at radius 3 is 2.50 bits per heavy atom. The van der Waals surface area contributed by atoms with Gasteiger partial charge in [0.2, 0.25) is 0 Å². The normalized spacial score (nSPS) is 13.9. The van der Waals surface area contributed by atoms with E-state index in [1.54, 1.807) is 0 Å². The molecule has 164 valence electrons. The van der Waals surface area contributed by atoms with E-state index in [9.17, 15) is 0 Å². The van der Waals surface area contributed by atoms with Gasteiger partial charge in [0.15, 0.2) is 0 Å². The maximum atomic E-state index is 4.87. The molecule has 0 radical (unpaired) electrons. The zero-order chi connectivity index (χ0) is 22.9. The first-order valence-electron chi connectivity index (χ1n) is 11.7. The molecule has 1 aliphatic rings. The second kappa shape index (κ2) is 6.91. The van der Waals surface area contributed by atoms with Crippen LogP contribution in [0.25, 0.3) is 33.3 Å². The van der Waals surface area contributed by atoms with Crippen molar-refractivity contribution in [3.05, 3.63) is 120 Å². The molecule has 0 amide bonds. The molecule has 0 bridgehead atoms. The molecule has 4 heteroatoms. The van der Waals surface area contributed by atoms with Crippen LogP contribution in [-0.2, 0) is 11.8 Å². The number of pyridine rings is 1. The van der Waals surface area contributed by atoms with E-state index in [0.29, 0.717) is 0 Å². The van der Waals surface area contributed by atoms with Gasteiger partial charge in [-0.2, -0.15) is 5.10 Å². The molecule has 0 aliphatic carbocycles. The van der Waals surface area contributed by atoms with Crippen molar-refractivity contribution in [2.45, 2.75) is 25.7 Å². The van der Waals surface area contributed by atoms with Gasteiger partial charge in [-0.05, 0) is 53.4 Å². The summed E-state index contributed by atoms with van der Waals surface area (Å²) in [5.74, 6) is 1.05. The van der Waals surface area contributed by atoms with Crippen LogP contribution in [0.15, 0.2) is 97.5 Å². The van der Waals surface area contributed by atoms with Gasteiger partial charge in [-0.3, -0.25) is 4.57 Å². The Morgan fingerprint density at radius 1 is 0.765 bits per heavy atom. The Bertz CT molecular complexity index is 1700. The maximum absolute atomic E-state index is 4.87. The molecule has 6 aromatic rings. The highest BCUT2D eigenvalue weighted by Crippen LogP contribution is 2.46. The Labute approximate surface area is 198 Å². The Balaban J connectivity index is 1.42. The lowest BCUT2D eigenvalue weighted by Gasteiger charge is -2.33. The van der Waals surface area contributed by atoms with Crippen molar-refractivity contribution < 1.29 is 0 Å². The lowest BCUT2D eigenvalue weighted by atomic mass is 9.76. The molecule has 1 aliphatic heterocycles. The van der Waals surface area contributed by atoms with Crippen LogP contribution < -0.4 is 0 Å². The number of hydrogen-bond acceptors (Lipinski definition) is 2. The maximum Gasteiger partial charge on any atom is 0.141 e. The second-order valence-corrected chi connectivity index (χ2v) is 9.69. The van der Waals surface area contributed by atoms with Crippen molar-refractivity contribution in [3.8, 4) is 11.5 Å². The van der Waals surface area contributed by atoms with Crippen LogP contribution in [0.2, 0.25) is 0 Å². The van der Waals surface area contributed by atoms with E-state index in [2.05, 4.69) is 96.3 Å². The van der Waals surface area contributed by atoms with Gasteiger partial charge in [-0.1, -0.05) is 62.4 Å². The first-order valence-corrected chi connectivity index (χ1v) is 11.7. The summed E-state index contributed by atoms with van der Waals surface area (Å²) in [4.78, 5) is 4.87. The predicted molar refractivity (Wildman–Crippen MR) is 137 cm³/mol. The van der Waals surface area contributed by atoms with Gasteiger partial charge in [0.25, 0.3) is 0 Å². The fourth-order valence-electron chi connectivity index (χ4n) is 5.62. The monoisotopic (exact) mass is 440 g/mol. The summed E-state index contributed by atoms with van der Waals surface area (Å²) in [6.45, 7) is 4.61. The Hall–Kier alpha value is -4.18. The molecular formula is C30H24N4. The van der Waals surface area contributed by atoms with Gasteiger partial charge in [0.05, 0.1) is 16.7 Å². The van der Waals surface area contributed by atoms with Gasteiger partial charge in [-0.15, -0.1) is 0 Å². The van der Waals surface area contributed by atoms with Gasteiger partial charge in [0, 0.05) is 40.3 Å². The van der Waals surface area contributed by atoms with E-state index in [-0.39, 0.29) is 5.41 Å². The Morgan fingerprint density at radius 2 is 1.62 bits per heavy atom. The molecule has 0 N–H and O–H groups in total. The number of benzene rings is 3. The van der Waals surface area contributed by atoms with E-state index < -0.39 is 0 Å². The molecule has 0 atom stereocenters. The summed E-state index contributed by atoms with van der Waals surface area (Å²) in [6, 6.07) is 28.4. The largest absolute Gasteiger partial charge is 0.293 e. The minimum Gasteiger partial charge on any atom is -0.293 e. The van der Waals surface area contributed by atoms with Crippen molar-refractivity contribution in [1.82, 2.24) is 19.3 Å². The number of para-hydroxylation sites is 1. The molecule has 34 heavy (non-hydrogen) atoms. The summed E-state index contributed by atoms with van der Waals surface area (Å²) in [5.41, 5.74) is 8.67. The average molecular weight is 441 g/mol. The van der Waals surface area contributed by atoms with E-state index >= 15 is 0 Å². The summed E-state index contributed by atoms with van der Waals surface area (Å²) in [5, 5.41) is 6.95. The van der Waals surface area contributed by atoms with Crippen LogP contribution in [-0.4, -0.2) is 19.3 Å². The molecule has 3 aromatic carbocycles. The molecule has 4 nitrogen and oxygen atoms in total. The summed E-state index contributed by atoms with van der Waals surface area (Å²) < 4.78 is 4.28. The number of fused-ring (bicyclic) bond motifs is 5. The lowest BCUT2D eigenvalue weighted by molar-refractivity contribution is 0.624. The van der Waals surface area contributed by atoms with E-state index in [1.807, 2.05) is 29.3 Å². The molecule has 0 unspecified atom stereocenters. The highest BCUT2D eigenvalue weighted by atomic mass is 15.3. The SMILES string of the molecule is CC1(C)c2cccnc2-n2c3cc(Cc4cccc(-n5cccn5)c4)ccc3c3cccc1c32. The van der Waals surface area contributed by atoms with Gasteiger partial charge < -0.3 is 0 Å². The molecular weight excluding hydrogens is 416 g/mol. The highest BCUT2D eigenvalue weighted by molar-refractivity contribution is 6.11. The van der Waals surface area contributed by atoms with E-state index in [4.69, 9.17) is 4.98 Å². The third-order valence-electron chi connectivity index (χ3n) is 7.29. The van der Waals surface area contributed by atoms with E-state index in [1.165, 1.54) is 44.1 Å². The predicted octanol–water partition coefficient (Wildman–Crippen LogP) is 6.59. The van der Waals surface area contributed by atoms with Crippen LogP contribution >= 0.6 is 0 Å². The highest BCUT2D eigenvalue weighted by Gasteiger charge is 2.35. The van der Waals surface area contributed by atoms with E-state index in [0.717, 1.165) is 17.9 Å². The zero-order valence-corrected chi connectivity index (χ0v) is 19.2. The molecule has 3 aromatic heterocycles. The van der Waals surface area contributed by atoms with Crippen LogP contribution in [0.5, 0.6) is 0 Å². The van der Waals surface area contributed by atoms with Gasteiger partial charge in [0.1, 0.15) is 5.82 Å². The van der Waals surface area contributed by atoms with Crippen molar-refractivity contribution in [3.63, 3.8) is 0 Å². The standard InChI is InChI=1S/C30H24N4/c1-30(2)25-10-4-9-24-23-13-12-21(17-20-7-3-8-22(18-20)33-16-6-15-32-33)19-27(23)34(28(24)25)29-26(30)11-5-14-31-29/h3-16,18-19H,17H2,1-2H3. The second-order valence-electron chi connectivity index (χ2n) is 9.69. The number of nitrogens with zero attached hydrogens (tertiary/aromatic N) is 4. The van der Waals surface area contributed by atoms with Crippen molar-refractivity contribution >= 4 is 21.8 Å². The third kappa shape index (κ3) is 2.65. The summed E-state index contributed by atoms with van der Waals surface area (Å²) in [7, 11) is 0. The molecule has 4 heterocycles. The van der Waals surface area contributed by atoms with Crippen LogP contribution in [0.4, 0.5) is 0 Å². The number of aromatic nitrogens is 4. The summed E-state index contributed by atoms with van der Waals surface area (Å²) in [6.07, 6.45) is 6.56. The first-order chi connectivity index (χ1) is 16.6. The zero-order valence-electron chi connectivity index (χ0n) is 19.2. The lowest BCUT2D eigenvalue weighted by Crippen LogP contribution is -2.26. The van der Waals surface area contributed by atoms with Crippen molar-refractivity contribution in [2.24, 2.45) is 0 Å². The fourth-order valence-corrected chi connectivity index (χ4v) is 5.62. The van der Waals surface area contributed by atoms with Gasteiger partial charge >= 0.3 is 0 Å². The van der Waals surface area contributed by atoms with Crippen LogP contribution in [0.1, 0.15) is 36.1 Å². The Kier molecular flexibility index (Phi) is 3.92. The number of rotatable bonds is 3. The molecule has 0 fully saturated rings. The quantitative estimate of drug-likeness (QED) is 0.311. The fraction of sp³-hybridized carbons (Fsp3) is 0.133. The average Bonchev–Trinajstić information content (AvgIpc) is 3.50. The van der Waals surface area contributed by atoms with Crippen LogP contribution in [0.3, 0.4) is 0 Å². The van der Waals surface area contributed by atoms with Crippen molar-refractivity contribution in [2.75, 3.05) is 0 Å². The first kappa shape index (κ1) is 19.3. The topological polar surface area (TPSA) is 35.6 Å². The minimum atomic E-state index is -0.0940. The molecule has 0 saturated heterocycles. The van der Waals surface area contributed by atoms with Crippen LogP contribution in [0, 0.1) is 0 Å². The van der Waals surface area contributed by atoms with Crippen molar-refractivity contribution in [1.29, 1.82) is 0 Å².